The van der Waals surface area contributed by atoms with E-state index >= 15 is 0 Å². The minimum atomic E-state index is -0.771. The number of rotatable bonds is 3. The summed E-state index contributed by atoms with van der Waals surface area (Å²) in [5.74, 6) is 0.139. The third kappa shape index (κ3) is 3.55. The van der Waals surface area contributed by atoms with E-state index in [0.717, 1.165) is 12.1 Å². The first-order valence-corrected chi connectivity index (χ1v) is 9.65. The SMILES string of the molecule is CN(C)C(=O)[C@@H]1CN(C(=O)c2cccc(N3CCCC3=O)c2)c2ccccc2O1. The zero-order valence-electron chi connectivity index (χ0n) is 16.5. The van der Waals surface area contributed by atoms with Crippen molar-refractivity contribution in [1.82, 2.24) is 4.90 Å². The predicted molar refractivity (Wildman–Crippen MR) is 109 cm³/mol. The highest BCUT2D eigenvalue weighted by molar-refractivity contribution is 6.09. The van der Waals surface area contributed by atoms with E-state index in [-0.39, 0.29) is 24.3 Å². The summed E-state index contributed by atoms with van der Waals surface area (Å²) in [7, 11) is 3.32. The Kier molecular flexibility index (Phi) is 4.96. The average molecular weight is 393 g/mol. The van der Waals surface area contributed by atoms with Crippen molar-refractivity contribution in [2.24, 2.45) is 0 Å². The van der Waals surface area contributed by atoms with Crippen LogP contribution in [0.15, 0.2) is 48.5 Å². The zero-order chi connectivity index (χ0) is 20.5. The van der Waals surface area contributed by atoms with E-state index in [2.05, 4.69) is 0 Å². The molecule has 1 fully saturated rings. The van der Waals surface area contributed by atoms with E-state index in [1.54, 1.807) is 54.2 Å². The molecule has 2 heterocycles. The van der Waals surface area contributed by atoms with Crippen molar-refractivity contribution in [3.05, 3.63) is 54.1 Å². The van der Waals surface area contributed by atoms with Crippen molar-refractivity contribution in [2.75, 3.05) is 37.0 Å². The molecule has 2 aliphatic heterocycles. The molecule has 7 nitrogen and oxygen atoms in total. The normalized spacial score (nSPS) is 18.3. The number of fused-ring (bicyclic) bond motifs is 1. The van der Waals surface area contributed by atoms with E-state index < -0.39 is 6.10 Å². The van der Waals surface area contributed by atoms with Gasteiger partial charge in [0.2, 0.25) is 5.91 Å². The van der Waals surface area contributed by atoms with Gasteiger partial charge < -0.3 is 19.4 Å². The average Bonchev–Trinajstić information content (AvgIpc) is 3.17. The lowest BCUT2D eigenvalue weighted by Gasteiger charge is -2.35. The maximum absolute atomic E-state index is 13.4. The zero-order valence-corrected chi connectivity index (χ0v) is 16.5. The summed E-state index contributed by atoms with van der Waals surface area (Å²) < 4.78 is 5.85. The third-order valence-electron chi connectivity index (χ3n) is 5.21. The summed E-state index contributed by atoms with van der Waals surface area (Å²) in [6.45, 7) is 0.788. The first-order valence-electron chi connectivity index (χ1n) is 9.65. The molecule has 3 amide bonds. The highest BCUT2D eigenvalue weighted by Gasteiger charge is 2.35. The molecule has 1 atom stereocenters. The fourth-order valence-electron chi connectivity index (χ4n) is 3.73. The van der Waals surface area contributed by atoms with Crippen molar-refractivity contribution in [1.29, 1.82) is 0 Å². The Hall–Kier alpha value is -3.35. The van der Waals surface area contributed by atoms with Crippen LogP contribution in [0.25, 0.3) is 0 Å². The summed E-state index contributed by atoms with van der Waals surface area (Å²) in [6, 6.07) is 14.3. The molecule has 0 radical (unpaired) electrons. The maximum Gasteiger partial charge on any atom is 0.265 e. The fourth-order valence-corrected chi connectivity index (χ4v) is 3.73. The summed E-state index contributed by atoms with van der Waals surface area (Å²) in [4.78, 5) is 42.7. The molecule has 2 aromatic carbocycles. The molecule has 0 unspecified atom stereocenters. The number of para-hydroxylation sites is 2. The van der Waals surface area contributed by atoms with Crippen LogP contribution in [-0.2, 0) is 9.59 Å². The van der Waals surface area contributed by atoms with Crippen LogP contribution in [0.3, 0.4) is 0 Å². The van der Waals surface area contributed by atoms with Crippen LogP contribution in [-0.4, -0.2) is 55.9 Å². The van der Waals surface area contributed by atoms with E-state index in [0.29, 0.717) is 30.0 Å². The first kappa shape index (κ1) is 19.0. The molecule has 0 aliphatic carbocycles. The minimum Gasteiger partial charge on any atom is -0.476 e. The van der Waals surface area contributed by atoms with Gasteiger partial charge in [-0.2, -0.15) is 0 Å². The van der Waals surface area contributed by atoms with E-state index in [4.69, 9.17) is 4.74 Å². The number of carbonyl (C=O) groups excluding carboxylic acids is 3. The van der Waals surface area contributed by atoms with E-state index in [1.807, 2.05) is 18.2 Å². The van der Waals surface area contributed by atoms with Gasteiger partial charge in [0, 0.05) is 38.3 Å². The van der Waals surface area contributed by atoms with Crippen LogP contribution < -0.4 is 14.5 Å². The standard InChI is InChI=1S/C22H23N3O4/c1-23(2)22(28)19-14-25(17-9-3-4-10-18(17)29-19)21(27)15-7-5-8-16(13-15)24-12-6-11-20(24)26/h3-5,7-10,13,19H,6,11-12,14H2,1-2H3/t19-/m0/s1. The Labute approximate surface area is 169 Å². The molecule has 2 aliphatic rings. The molecule has 150 valence electrons. The number of benzene rings is 2. The van der Waals surface area contributed by atoms with Crippen LogP contribution >= 0.6 is 0 Å². The maximum atomic E-state index is 13.4. The van der Waals surface area contributed by atoms with Gasteiger partial charge in [-0.3, -0.25) is 14.4 Å². The summed E-state index contributed by atoms with van der Waals surface area (Å²) in [5, 5.41) is 0. The molecule has 4 rings (SSSR count). The number of ether oxygens (including phenoxy) is 1. The van der Waals surface area contributed by atoms with Gasteiger partial charge in [0.15, 0.2) is 6.10 Å². The smallest absolute Gasteiger partial charge is 0.265 e. The lowest BCUT2D eigenvalue weighted by Crippen LogP contribution is -2.50. The molecule has 0 bridgehead atoms. The molecule has 2 aromatic rings. The number of carbonyl (C=O) groups is 3. The highest BCUT2D eigenvalue weighted by atomic mass is 16.5. The van der Waals surface area contributed by atoms with Gasteiger partial charge in [-0.1, -0.05) is 18.2 Å². The highest BCUT2D eigenvalue weighted by Crippen LogP contribution is 2.35. The lowest BCUT2D eigenvalue weighted by atomic mass is 10.1. The van der Waals surface area contributed by atoms with Crippen molar-refractivity contribution >= 4 is 29.1 Å². The predicted octanol–water partition coefficient (Wildman–Crippen LogP) is 2.31. The number of likely N-dealkylation sites (N-methyl/N-ethyl adjacent to an activating group) is 1. The van der Waals surface area contributed by atoms with Gasteiger partial charge in [0.25, 0.3) is 11.8 Å². The van der Waals surface area contributed by atoms with Gasteiger partial charge in [0.1, 0.15) is 5.75 Å². The summed E-state index contributed by atoms with van der Waals surface area (Å²) in [5.41, 5.74) is 1.82. The largest absolute Gasteiger partial charge is 0.476 e. The fraction of sp³-hybridized carbons (Fsp3) is 0.318. The van der Waals surface area contributed by atoms with Crippen LogP contribution in [0.4, 0.5) is 11.4 Å². The van der Waals surface area contributed by atoms with Crippen LogP contribution in [0.1, 0.15) is 23.2 Å². The topological polar surface area (TPSA) is 70.2 Å². The van der Waals surface area contributed by atoms with E-state index in [9.17, 15) is 14.4 Å². The molecular weight excluding hydrogens is 370 g/mol. The van der Waals surface area contributed by atoms with Gasteiger partial charge in [-0.25, -0.2) is 0 Å². The van der Waals surface area contributed by atoms with Crippen LogP contribution in [0.5, 0.6) is 5.75 Å². The van der Waals surface area contributed by atoms with Gasteiger partial charge in [0.05, 0.1) is 12.2 Å². The monoisotopic (exact) mass is 393 g/mol. The van der Waals surface area contributed by atoms with Crippen LogP contribution in [0.2, 0.25) is 0 Å². The van der Waals surface area contributed by atoms with Gasteiger partial charge >= 0.3 is 0 Å². The molecule has 7 heteroatoms. The molecule has 0 saturated carbocycles. The van der Waals surface area contributed by atoms with Crippen molar-refractivity contribution in [3.63, 3.8) is 0 Å². The number of hydrogen-bond donors (Lipinski definition) is 0. The second kappa shape index (κ2) is 7.58. The number of hydrogen-bond acceptors (Lipinski definition) is 4. The summed E-state index contributed by atoms with van der Waals surface area (Å²) >= 11 is 0. The Morgan fingerprint density at radius 3 is 2.62 bits per heavy atom. The lowest BCUT2D eigenvalue weighted by molar-refractivity contribution is -0.135. The second-order valence-corrected chi connectivity index (χ2v) is 7.42. The van der Waals surface area contributed by atoms with Crippen LogP contribution in [0, 0.1) is 0 Å². The number of anilines is 2. The molecule has 0 N–H and O–H groups in total. The first-order chi connectivity index (χ1) is 14.0. The number of amides is 3. The quantitative estimate of drug-likeness (QED) is 0.802. The minimum absolute atomic E-state index is 0.0722. The molecule has 29 heavy (non-hydrogen) atoms. The summed E-state index contributed by atoms with van der Waals surface area (Å²) in [6.07, 6.45) is 0.582. The van der Waals surface area contributed by atoms with Crippen molar-refractivity contribution < 1.29 is 19.1 Å². The molecular formula is C22H23N3O4. The van der Waals surface area contributed by atoms with E-state index in [1.165, 1.54) is 4.90 Å². The molecule has 1 saturated heterocycles. The molecule has 0 spiro atoms. The number of nitrogens with zero attached hydrogens (tertiary/aromatic N) is 3. The Balaban J connectivity index is 1.67. The molecule has 0 aromatic heterocycles. The Morgan fingerprint density at radius 2 is 1.90 bits per heavy atom. The Morgan fingerprint density at radius 1 is 1.10 bits per heavy atom. The van der Waals surface area contributed by atoms with Gasteiger partial charge in [-0.05, 0) is 36.8 Å². The third-order valence-corrected chi connectivity index (χ3v) is 5.21. The van der Waals surface area contributed by atoms with Crippen molar-refractivity contribution in [2.45, 2.75) is 18.9 Å². The van der Waals surface area contributed by atoms with Gasteiger partial charge in [-0.15, -0.1) is 0 Å². The van der Waals surface area contributed by atoms with Crippen molar-refractivity contribution in [3.8, 4) is 5.75 Å². The second-order valence-electron chi connectivity index (χ2n) is 7.42. The Bertz CT molecular complexity index is 972.